The summed E-state index contributed by atoms with van der Waals surface area (Å²) in [6.07, 6.45) is 0.299. The van der Waals surface area contributed by atoms with Gasteiger partial charge in [-0.05, 0) is 24.6 Å². The number of fused-ring (bicyclic) bond motifs is 1. The second kappa shape index (κ2) is 6.68. The average molecular weight is 354 g/mol. The van der Waals surface area contributed by atoms with Crippen LogP contribution in [0.25, 0.3) is 0 Å². The van der Waals surface area contributed by atoms with Crippen LogP contribution in [0.1, 0.15) is 35.7 Å². The molecule has 0 aliphatic carbocycles. The standard InChI is InChI=1S/C19H18N2O5/c1-2-11-20-16-6-4-3-5-15(16)19(24,18(20)23)12-17(22)13-7-9-14(10-8-13)21(25)26/h3-10,24H,2,11-12H2,1H3/t19-/m0/s1. The van der Waals surface area contributed by atoms with Gasteiger partial charge < -0.3 is 10.0 Å². The molecule has 0 saturated heterocycles. The van der Waals surface area contributed by atoms with E-state index >= 15 is 0 Å². The maximum atomic E-state index is 12.8. The minimum Gasteiger partial charge on any atom is -0.375 e. The highest BCUT2D eigenvalue weighted by molar-refractivity contribution is 6.10. The van der Waals surface area contributed by atoms with Crippen molar-refractivity contribution in [2.75, 3.05) is 11.4 Å². The number of nitrogens with zero attached hydrogens (tertiary/aromatic N) is 2. The first kappa shape index (κ1) is 17.8. The van der Waals surface area contributed by atoms with Crippen molar-refractivity contribution in [1.82, 2.24) is 0 Å². The Bertz CT molecular complexity index is 878. The predicted octanol–water partition coefficient (Wildman–Crippen LogP) is 2.81. The van der Waals surface area contributed by atoms with Crippen LogP contribution in [0.5, 0.6) is 0 Å². The summed E-state index contributed by atoms with van der Waals surface area (Å²) in [5.41, 5.74) is -0.822. The van der Waals surface area contributed by atoms with E-state index < -0.39 is 28.6 Å². The quantitative estimate of drug-likeness (QED) is 0.488. The Kier molecular flexibility index (Phi) is 4.56. The van der Waals surface area contributed by atoms with Crippen LogP contribution in [0.3, 0.4) is 0 Å². The van der Waals surface area contributed by atoms with Gasteiger partial charge >= 0.3 is 0 Å². The number of aliphatic hydroxyl groups is 1. The summed E-state index contributed by atoms with van der Waals surface area (Å²) in [5, 5.41) is 21.8. The second-order valence-electron chi connectivity index (χ2n) is 6.24. The number of anilines is 1. The number of nitro groups is 1. The minimum absolute atomic E-state index is 0.128. The molecular weight excluding hydrogens is 336 g/mol. The molecule has 2 aromatic rings. The maximum absolute atomic E-state index is 12.8. The van der Waals surface area contributed by atoms with Crippen molar-refractivity contribution in [3.8, 4) is 0 Å². The van der Waals surface area contributed by atoms with Gasteiger partial charge in [-0.3, -0.25) is 19.7 Å². The summed E-state index contributed by atoms with van der Waals surface area (Å²) in [7, 11) is 0. The number of hydrogen-bond donors (Lipinski definition) is 1. The van der Waals surface area contributed by atoms with E-state index in [1.165, 1.54) is 29.2 Å². The summed E-state index contributed by atoms with van der Waals surface area (Å²) < 4.78 is 0. The van der Waals surface area contributed by atoms with Gasteiger partial charge in [0.1, 0.15) is 0 Å². The molecule has 1 heterocycles. The van der Waals surface area contributed by atoms with Crippen molar-refractivity contribution in [2.45, 2.75) is 25.4 Å². The fourth-order valence-corrected chi connectivity index (χ4v) is 3.23. The molecule has 7 nitrogen and oxygen atoms in total. The van der Waals surface area contributed by atoms with Crippen molar-refractivity contribution in [1.29, 1.82) is 0 Å². The number of para-hydroxylation sites is 1. The van der Waals surface area contributed by atoms with E-state index in [4.69, 9.17) is 0 Å². The van der Waals surface area contributed by atoms with Gasteiger partial charge in [-0.15, -0.1) is 0 Å². The van der Waals surface area contributed by atoms with Crippen molar-refractivity contribution < 1.29 is 19.6 Å². The number of non-ortho nitro benzene ring substituents is 1. The van der Waals surface area contributed by atoms with Crippen LogP contribution in [0, 0.1) is 10.1 Å². The number of carbonyl (C=O) groups excluding carboxylic acids is 2. The molecule has 7 heteroatoms. The summed E-state index contributed by atoms with van der Waals surface area (Å²) in [6.45, 7) is 2.37. The molecule has 0 saturated carbocycles. The number of rotatable bonds is 6. The summed E-state index contributed by atoms with van der Waals surface area (Å²) >= 11 is 0. The van der Waals surface area contributed by atoms with E-state index in [9.17, 15) is 24.8 Å². The molecule has 1 N–H and O–H groups in total. The Morgan fingerprint density at radius 1 is 1.19 bits per heavy atom. The molecule has 0 aromatic heterocycles. The van der Waals surface area contributed by atoms with E-state index in [0.717, 1.165) is 0 Å². The average Bonchev–Trinajstić information content (AvgIpc) is 2.84. The Labute approximate surface area is 150 Å². The van der Waals surface area contributed by atoms with Gasteiger partial charge in [0.25, 0.3) is 11.6 Å². The first-order valence-corrected chi connectivity index (χ1v) is 8.30. The molecule has 0 unspecified atom stereocenters. The zero-order valence-corrected chi connectivity index (χ0v) is 14.2. The van der Waals surface area contributed by atoms with E-state index in [-0.39, 0.29) is 11.3 Å². The van der Waals surface area contributed by atoms with Crippen LogP contribution in [0.2, 0.25) is 0 Å². The summed E-state index contributed by atoms with van der Waals surface area (Å²) in [4.78, 5) is 37.1. The number of carbonyl (C=O) groups is 2. The molecule has 3 rings (SSSR count). The molecule has 134 valence electrons. The van der Waals surface area contributed by atoms with Gasteiger partial charge in [0.2, 0.25) is 0 Å². The number of Topliss-reactive ketones (excluding diaryl/α,β-unsaturated/α-hetero) is 1. The van der Waals surface area contributed by atoms with Crippen LogP contribution in [-0.2, 0) is 10.4 Å². The lowest BCUT2D eigenvalue weighted by atomic mass is 9.88. The smallest absolute Gasteiger partial charge is 0.269 e. The third-order valence-corrected chi connectivity index (χ3v) is 4.50. The predicted molar refractivity (Wildman–Crippen MR) is 95.0 cm³/mol. The van der Waals surface area contributed by atoms with Gasteiger partial charge in [0, 0.05) is 29.8 Å². The van der Waals surface area contributed by atoms with Gasteiger partial charge in [-0.2, -0.15) is 0 Å². The molecule has 26 heavy (non-hydrogen) atoms. The molecule has 0 fully saturated rings. The van der Waals surface area contributed by atoms with Crippen LogP contribution < -0.4 is 4.90 Å². The highest BCUT2D eigenvalue weighted by atomic mass is 16.6. The highest BCUT2D eigenvalue weighted by Crippen LogP contribution is 2.42. The second-order valence-corrected chi connectivity index (χ2v) is 6.24. The Morgan fingerprint density at radius 3 is 2.46 bits per heavy atom. The number of ketones is 1. The molecule has 1 atom stereocenters. The minimum atomic E-state index is -1.93. The van der Waals surface area contributed by atoms with Gasteiger partial charge in [0.05, 0.1) is 17.0 Å². The van der Waals surface area contributed by atoms with Crippen LogP contribution >= 0.6 is 0 Å². The van der Waals surface area contributed by atoms with Crippen molar-refractivity contribution in [2.24, 2.45) is 0 Å². The third-order valence-electron chi connectivity index (χ3n) is 4.50. The Hall–Kier alpha value is -3.06. The zero-order valence-electron chi connectivity index (χ0n) is 14.2. The topological polar surface area (TPSA) is 101 Å². The Balaban J connectivity index is 1.91. The largest absolute Gasteiger partial charge is 0.375 e. The monoisotopic (exact) mass is 354 g/mol. The molecule has 0 bridgehead atoms. The molecule has 2 aromatic carbocycles. The lowest BCUT2D eigenvalue weighted by Crippen LogP contribution is -2.42. The van der Waals surface area contributed by atoms with Gasteiger partial charge in [0.15, 0.2) is 11.4 Å². The fraction of sp³-hybridized carbons (Fsp3) is 0.263. The summed E-state index contributed by atoms with van der Waals surface area (Å²) in [6, 6.07) is 12.0. The number of nitro benzene ring substituents is 1. The van der Waals surface area contributed by atoms with Crippen LogP contribution in [0.4, 0.5) is 11.4 Å². The molecule has 0 spiro atoms. The van der Waals surface area contributed by atoms with Crippen LogP contribution in [-0.4, -0.2) is 28.3 Å². The molecule has 1 aliphatic rings. The highest BCUT2D eigenvalue weighted by Gasteiger charge is 2.50. The van der Waals surface area contributed by atoms with E-state index in [1.54, 1.807) is 24.3 Å². The van der Waals surface area contributed by atoms with E-state index in [2.05, 4.69) is 0 Å². The van der Waals surface area contributed by atoms with Gasteiger partial charge in [-0.25, -0.2) is 0 Å². The maximum Gasteiger partial charge on any atom is 0.269 e. The lowest BCUT2D eigenvalue weighted by molar-refractivity contribution is -0.384. The normalized spacial score (nSPS) is 18.7. The summed E-state index contributed by atoms with van der Waals surface area (Å²) in [5.74, 6) is -0.972. The first-order chi connectivity index (χ1) is 12.4. The number of hydrogen-bond acceptors (Lipinski definition) is 5. The third kappa shape index (κ3) is 2.86. The molecule has 1 amide bonds. The number of amides is 1. The van der Waals surface area contributed by atoms with Crippen LogP contribution in [0.15, 0.2) is 48.5 Å². The number of benzene rings is 2. The molecule has 0 radical (unpaired) electrons. The Morgan fingerprint density at radius 2 is 1.85 bits per heavy atom. The van der Waals surface area contributed by atoms with Crippen molar-refractivity contribution in [3.05, 3.63) is 69.8 Å². The SMILES string of the molecule is CCCN1C(=O)[C@](O)(CC(=O)c2ccc([N+](=O)[O-])cc2)c2ccccc21. The molecule has 1 aliphatic heterocycles. The van der Waals surface area contributed by atoms with Crippen molar-refractivity contribution >= 4 is 23.1 Å². The van der Waals surface area contributed by atoms with Crippen molar-refractivity contribution in [3.63, 3.8) is 0 Å². The molecular formula is C19H18N2O5. The van der Waals surface area contributed by atoms with E-state index in [0.29, 0.717) is 24.2 Å². The van der Waals surface area contributed by atoms with E-state index in [1.807, 2.05) is 6.92 Å². The lowest BCUT2D eigenvalue weighted by Gasteiger charge is -2.22. The first-order valence-electron chi connectivity index (χ1n) is 8.30. The zero-order chi connectivity index (χ0) is 18.9. The van der Waals surface area contributed by atoms with Gasteiger partial charge in [-0.1, -0.05) is 25.1 Å². The fourth-order valence-electron chi connectivity index (χ4n) is 3.23.